The van der Waals surface area contributed by atoms with Crippen LogP contribution in [0, 0.1) is 0 Å². The fraction of sp³-hybridized carbons (Fsp3) is 0.385. The highest BCUT2D eigenvalue weighted by atomic mass is 16.2. The summed E-state index contributed by atoms with van der Waals surface area (Å²) in [5.41, 5.74) is 2.66. The number of carbonyl (C=O) groups is 4. The minimum Gasteiger partial charge on any atom is -0.371 e. The second-order valence-corrected chi connectivity index (χ2v) is 8.88. The number of benzene rings is 2. The standard InChI is InChI=1S/C26H30N4O4/c1-18(16-24(32)28-19-8-6-9-20(17-19)29-13-4-5-14-29)27-23(31)12-7-15-30-25(33)21-10-2-3-11-22(21)26(30)34/h2-3,6,8-11,17-18H,4-5,7,12-16H2,1H3,(H,27,31)(H,28,32). The number of rotatable bonds is 9. The molecule has 0 radical (unpaired) electrons. The fourth-order valence-electron chi connectivity index (χ4n) is 4.48. The maximum Gasteiger partial charge on any atom is 0.261 e. The van der Waals surface area contributed by atoms with Crippen LogP contribution >= 0.6 is 0 Å². The number of hydrogen-bond donors (Lipinski definition) is 2. The van der Waals surface area contributed by atoms with Crippen LogP contribution in [0.1, 0.15) is 59.7 Å². The van der Waals surface area contributed by atoms with E-state index in [1.165, 1.54) is 17.7 Å². The van der Waals surface area contributed by atoms with Gasteiger partial charge in [0.1, 0.15) is 0 Å². The van der Waals surface area contributed by atoms with Crippen LogP contribution in [0.4, 0.5) is 11.4 Å². The third-order valence-corrected chi connectivity index (χ3v) is 6.16. The SMILES string of the molecule is CC(CC(=O)Nc1cccc(N2CCCC2)c1)NC(=O)CCCN1C(=O)c2ccccc2C1=O. The van der Waals surface area contributed by atoms with Crippen molar-refractivity contribution in [2.45, 2.75) is 45.1 Å². The molecule has 4 amide bonds. The molecule has 2 N–H and O–H groups in total. The molecule has 8 nitrogen and oxygen atoms in total. The molecule has 1 saturated heterocycles. The fourth-order valence-corrected chi connectivity index (χ4v) is 4.48. The van der Waals surface area contributed by atoms with E-state index >= 15 is 0 Å². The largest absolute Gasteiger partial charge is 0.371 e. The lowest BCUT2D eigenvalue weighted by molar-refractivity contribution is -0.122. The zero-order chi connectivity index (χ0) is 24.1. The first-order chi connectivity index (χ1) is 16.4. The van der Waals surface area contributed by atoms with Gasteiger partial charge in [-0.25, -0.2) is 0 Å². The predicted octanol–water partition coefficient (Wildman–Crippen LogP) is 3.20. The summed E-state index contributed by atoms with van der Waals surface area (Å²) in [6.45, 7) is 4.03. The number of imide groups is 1. The Labute approximate surface area is 199 Å². The zero-order valence-electron chi connectivity index (χ0n) is 19.4. The van der Waals surface area contributed by atoms with Gasteiger partial charge in [0, 0.05) is 49.9 Å². The van der Waals surface area contributed by atoms with Crippen molar-refractivity contribution < 1.29 is 19.2 Å². The summed E-state index contributed by atoms with van der Waals surface area (Å²) < 4.78 is 0. The van der Waals surface area contributed by atoms with Gasteiger partial charge < -0.3 is 15.5 Å². The van der Waals surface area contributed by atoms with E-state index in [-0.39, 0.29) is 49.1 Å². The van der Waals surface area contributed by atoms with Crippen molar-refractivity contribution >= 4 is 35.0 Å². The normalized spacial score (nSPS) is 15.9. The minimum absolute atomic E-state index is 0.151. The second kappa shape index (κ2) is 10.5. The van der Waals surface area contributed by atoms with E-state index in [1.54, 1.807) is 31.2 Å². The average molecular weight is 463 g/mol. The molecule has 2 aliphatic heterocycles. The molecular weight excluding hydrogens is 432 g/mol. The highest BCUT2D eigenvalue weighted by Crippen LogP contribution is 2.24. The average Bonchev–Trinajstić information content (AvgIpc) is 3.43. The lowest BCUT2D eigenvalue weighted by atomic mass is 10.1. The van der Waals surface area contributed by atoms with Crippen molar-refractivity contribution in [3.05, 3.63) is 59.7 Å². The first-order valence-electron chi connectivity index (χ1n) is 11.8. The van der Waals surface area contributed by atoms with Gasteiger partial charge in [0.2, 0.25) is 11.8 Å². The van der Waals surface area contributed by atoms with Crippen molar-refractivity contribution in [2.24, 2.45) is 0 Å². The number of carbonyl (C=O) groups excluding carboxylic acids is 4. The molecule has 1 fully saturated rings. The summed E-state index contributed by atoms with van der Waals surface area (Å²) >= 11 is 0. The molecule has 0 aromatic heterocycles. The zero-order valence-corrected chi connectivity index (χ0v) is 19.4. The molecule has 178 valence electrons. The van der Waals surface area contributed by atoms with Crippen molar-refractivity contribution in [1.29, 1.82) is 0 Å². The molecule has 0 aliphatic carbocycles. The third kappa shape index (κ3) is 5.44. The first-order valence-corrected chi connectivity index (χ1v) is 11.8. The maximum atomic E-state index is 12.4. The van der Waals surface area contributed by atoms with Crippen molar-refractivity contribution in [3.8, 4) is 0 Å². The summed E-state index contributed by atoms with van der Waals surface area (Å²) in [5.74, 6) is -1.02. The topological polar surface area (TPSA) is 98.8 Å². The Morgan fingerprint density at radius 1 is 0.941 bits per heavy atom. The van der Waals surface area contributed by atoms with Crippen molar-refractivity contribution in [2.75, 3.05) is 29.9 Å². The van der Waals surface area contributed by atoms with Gasteiger partial charge in [-0.15, -0.1) is 0 Å². The van der Waals surface area contributed by atoms with Crippen LogP contribution in [0.2, 0.25) is 0 Å². The number of nitrogens with one attached hydrogen (secondary N) is 2. The molecular formula is C26H30N4O4. The Kier molecular flexibility index (Phi) is 7.25. The molecule has 2 heterocycles. The Balaban J connectivity index is 1.18. The minimum atomic E-state index is -0.339. The molecule has 4 rings (SSSR count). The second-order valence-electron chi connectivity index (χ2n) is 8.88. The molecule has 2 aromatic rings. The van der Waals surface area contributed by atoms with Gasteiger partial charge in [0.15, 0.2) is 0 Å². The molecule has 0 saturated carbocycles. The van der Waals surface area contributed by atoms with Crippen LogP contribution in [0.5, 0.6) is 0 Å². The van der Waals surface area contributed by atoms with Gasteiger partial charge in [-0.05, 0) is 56.5 Å². The van der Waals surface area contributed by atoms with Crippen LogP contribution in [0.25, 0.3) is 0 Å². The summed E-state index contributed by atoms with van der Waals surface area (Å²) in [6, 6.07) is 14.2. The molecule has 34 heavy (non-hydrogen) atoms. The Morgan fingerprint density at radius 2 is 1.62 bits per heavy atom. The highest BCUT2D eigenvalue weighted by Gasteiger charge is 2.34. The van der Waals surface area contributed by atoms with Gasteiger partial charge >= 0.3 is 0 Å². The van der Waals surface area contributed by atoms with Gasteiger partial charge in [-0.3, -0.25) is 24.1 Å². The van der Waals surface area contributed by atoms with E-state index in [4.69, 9.17) is 0 Å². The van der Waals surface area contributed by atoms with E-state index < -0.39 is 0 Å². The summed E-state index contributed by atoms with van der Waals surface area (Å²) in [6.07, 6.45) is 3.05. The van der Waals surface area contributed by atoms with Crippen molar-refractivity contribution in [3.63, 3.8) is 0 Å². The number of hydrogen-bond acceptors (Lipinski definition) is 5. The molecule has 8 heteroatoms. The first kappa shape index (κ1) is 23.5. The van der Waals surface area contributed by atoms with Crippen LogP contribution in [0.15, 0.2) is 48.5 Å². The van der Waals surface area contributed by atoms with E-state index in [2.05, 4.69) is 15.5 Å². The van der Waals surface area contributed by atoms with Crippen LogP contribution in [-0.2, 0) is 9.59 Å². The smallest absolute Gasteiger partial charge is 0.261 e. The van der Waals surface area contributed by atoms with E-state index in [0.717, 1.165) is 24.5 Å². The summed E-state index contributed by atoms with van der Waals surface area (Å²) in [5, 5.41) is 5.73. The third-order valence-electron chi connectivity index (χ3n) is 6.16. The van der Waals surface area contributed by atoms with Gasteiger partial charge in [-0.2, -0.15) is 0 Å². The predicted molar refractivity (Wildman–Crippen MR) is 130 cm³/mol. The Bertz CT molecular complexity index is 1060. The molecule has 1 unspecified atom stereocenters. The number of amides is 4. The van der Waals surface area contributed by atoms with Crippen LogP contribution in [0.3, 0.4) is 0 Å². The number of fused-ring (bicyclic) bond motifs is 1. The molecule has 2 aliphatic rings. The molecule has 2 aromatic carbocycles. The quantitative estimate of drug-likeness (QED) is 0.558. The summed E-state index contributed by atoms with van der Waals surface area (Å²) in [4.78, 5) is 53.0. The molecule has 1 atom stereocenters. The molecule has 0 bridgehead atoms. The lowest BCUT2D eigenvalue weighted by Gasteiger charge is -2.19. The van der Waals surface area contributed by atoms with Crippen LogP contribution in [-0.4, -0.2) is 54.2 Å². The maximum absolute atomic E-state index is 12.4. The highest BCUT2D eigenvalue weighted by molar-refractivity contribution is 6.21. The Hall–Kier alpha value is -3.68. The lowest BCUT2D eigenvalue weighted by Crippen LogP contribution is -2.36. The van der Waals surface area contributed by atoms with Gasteiger partial charge in [0.05, 0.1) is 11.1 Å². The van der Waals surface area contributed by atoms with Crippen molar-refractivity contribution in [1.82, 2.24) is 10.2 Å². The van der Waals surface area contributed by atoms with E-state index in [9.17, 15) is 19.2 Å². The number of nitrogens with zero attached hydrogens (tertiary/aromatic N) is 2. The summed E-state index contributed by atoms with van der Waals surface area (Å²) in [7, 11) is 0. The molecule has 0 spiro atoms. The van der Waals surface area contributed by atoms with E-state index in [1.807, 2.05) is 24.3 Å². The monoisotopic (exact) mass is 462 g/mol. The Morgan fingerprint density at radius 3 is 2.29 bits per heavy atom. The van der Waals surface area contributed by atoms with Gasteiger partial charge in [-0.1, -0.05) is 18.2 Å². The van der Waals surface area contributed by atoms with Gasteiger partial charge in [0.25, 0.3) is 11.8 Å². The number of anilines is 2. The van der Waals surface area contributed by atoms with Crippen LogP contribution < -0.4 is 15.5 Å². The van der Waals surface area contributed by atoms with E-state index in [0.29, 0.717) is 17.5 Å².